The van der Waals surface area contributed by atoms with Gasteiger partial charge in [-0.3, -0.25) is 9.20 Å². The van der Waals surface area contributed by atoms with Crippen LogP contribution < -0.4 is 0 Å². The molecule has 7 heteroatoms. The van der Waals surface area contributed by atoms with Crippen LogP contribution in [0.4, 0.5) is 0 Å². The van der Waals surface area contributed by atoms with Crippen molar-refractivity contribution in [1.82, 2.24) is 14.6 Å². The molecule has 1 aliphatic heterocycles. The molecule has 0 atom stereocenters. The quantitative estimate of drug-likeness (QED) is 0.786. The highest BCUT2D eigenvalue weighted by Gasteiger charge is 2.25. The molecule has 0 unspecified atom stereocenters. The molecular weight excluding hydrogens is 278 g/mol. The minimum atomic E-state index is -2.84. The lowest BCUT2D eigenvalue weighted by Crippen LogP contribution is -2.25. The largest absolute Gasteiger partial charge is 0.298 e. The second kappa shape index (κ2) is 4.97. The maximum atomic E-state index is 11.4. The second-order valence-electron chi connectivity index (χ2n) is 5.22. The van der Waals surface area contributed by atoms with Gasteiger partial charge in [0.25, 0.3) is 0 Å². The lowest BCUT2D eigenvalue weighted by Gasteiger charge is -2.20. The number of sulfone groups is 1. The average Bonchev–Trinajstić information content (AvgIpc) is 2.83. The minimum Gasteiger partial charge on any atom is -0.298 e. The van der Waals surface area contributed by atoms with Gasteiger partial charge < -0.3 is 0 Å². The second-order valence-corrected chi connectivity index (χ2v) is 7.53. The van der Waals surface area contributed by atoms with Crippen LogP contribution in [0.1, 0.15) is 29.0 Å². The third-order valence-electron chi connectivity index (χ3n) is 3.78. The molecule has 6 nitrogen and oxygen atoms in total. The highest BCUT2D eigenvalue weighted by molar-refractivity contribution is 7.91. The Labute approximate surface area is 116 Å². The van der Waals surface area contributed by atoms with Crippen molar-refractivity contribution in [3.8, 4) is 0 Å². The van der Waals surface area contributed by atoms with Gasteiger partial charge >= 0.3 is 0 Å². The van der Waals surface area contributed by atoms with E-state index < -0.39 is 9.84 Å². The first-order valence-corrected chi connectivity index (χ1v) is 8.39. The normalized spacial score (nSPS) is 19.2. The first-order chi connectivity index (χ1) is 9.57. The lowest BCUT2D eigenvalue weighted by atomic mass is 9.98. The number of fused-ring (bicyclic) bond motifs is 1. The van der Waals surface area contributed by atoms with Gasteiger partial charge in [-0.05, 0) is 30.9 Å². The molecule has 3 rings (SSSR count). The maximum absolute atomic E-state index is 11.4. The van der Waals surface area contributed by atoms with Crippen LogP contribution in [0.2, 0.25) is 0 Å². The summed E-state index contributed by atoms with van der Waals surface area (Å²) in [6, 6.07) is 3.46. The van der Waals surface area contributed by atoms with E-state index in [1.54, 1.807) is 18.3 Å². The van der Waals surface area contributed by atoms with Crippen LogP contribution in [0.15, 0.2) is 18.3 Å². The number of hydrogen-bond acceptors (Lipinski definition) is 5. The summed E-state index contributed by atoms with van der Waals surface area (Å²) in [4.78, 5) is 10.8. The monoisotopic (exact) mass is 293 g/mol. The number of pyridine rings is 1. The molecule has 1 fully saturated rings. The Bertz CT molecular complexity index is 737. The number of aldehydes is 1. The van der Waals surface area contributed by atoms with Gasteiger partial charge in [-0.2, -0.15) is 0 Å². The molecule has 3 heterocycles. The molecule has 0 spiro atoms. The van der Waals surface area contributed by atoms with Gasteiger partial charge in [0.2, 0.25) is 0 Å². The topological polar surface area (TPSA) is 81.4 Å². The predicted molar refractivity (Wildman–Crippen MR) is 73.5 cm³/mol. The summed E-state index contributed by atoms with van der Waals surface area (Å²) in [7, 11) is -2.84. The molecule has 0 amide bonds. The van der Waals surface area contributed by atoms with Crippen LogP contribution in [0, 0.1) is 5.92 Å². The van der Waals surface area contributed by atoms with Gasteiger partial charge in [0, 0.05) is 18.2 Å². The molecule has 0 saturated carbocycles. The SMILES string of the molecule is O=Cc1ccc2nnc(CC3CCS(=O)(=O)CC3)n2c1. The summed E-state index contributed by atoms with van der Waals surface area (Å²) < 4.78 is 24.7. The Kier molecular flexibility index (Phi) is 3.29. The number of aromatic nitrogens is 3. The van der Waals surface area contributed by atoms with E-state index in [0.29, 0.717) is 36.4 Å². The zero-order chi connectivity index (χ0) is 14.2. The standard InChI is InChI=1S/C13H15N3O3S/c17-9-11-1-2-12-14-15-13(16(12)8-11)7-10-3-5-20(18,19)6-4-10/h1-2,8-10H,3-7H2. The van der Waals surface area contributed by atoms with E-state index in [1.807, 2.05) is 4.40 Å². The van der Waals surface area contributed by atoms with Crippen LogP contribution in [0.3, 0.4) is 0 Å². The Morgan fingerprint density at radius 3 is 2.70 bits per heavy atom. The number of carbonyl (C=O) groups excluding carboxylic acids is 1. The first-order valence-electron chi connectivity index (χ1n) is 6.57. The summed E-state index contributed by atoms with van der Waals surface area (Å²) >= 11 is 0. The molecule has 1 aliphatic rings. The zero-order valence-electron chi connectivity index (χ0n) is 10.9. The number of nitrogens with zero attached hydrogens (tertiary/aromatic N) is 3. The third-order valence-corrected chi connectivity index (χ3v) is 5.49. The van der Waals surface area contributed by atoms with E-state index in [0.717, 1.165) is 12.1 Å². The molecular formula is C13H15N3O3S. The van der Waals surface area contributed by atoms with Crippen molar-refractivity contribution in [2.75, 3.05) is 11.5 Å². The van der Waals surface area contributed by atoms with E-state index in [2.05, 4.69) is 10.2 Å². The summed E-state index contributed by atoms with van der Waals surface area (Å²) in [5.41, 5.74) is 1.28. The van der Waals surface area contributed by atoms with Gasteiger partial charge in [0.1, 0.15) is 15.7 Å². The Hall–Kier alpha value is -1.76. The van der Waals surface area contributed by atoms with Gasteiger partial charge in [-0.15, -0.1) is 10.2 Å². The Morgan fingerprint density at radius 1 is 1.25 bits per heavy atom. The van der Waals surface area contributed by atoms with Gasteiger partial charge in [0.15, 0.2) is 11.9 Å². The fraction of sp³-hybridized carbons (Fsp3) is 0.462. The van der Waals surface area contributed by atoms with E-state index in [1.165, 1.54) is 0 Å². The minimum absolute atomic E-state index is 0.258. The molecule has 2 aromatic rings. The number of hydrogen-bond donors (Lipinski definition) is 0. The molecule has 0 bridgehead atoms. The van der Waals surface area contributed by atoms with E-state index in [-0.39, 0.29) is 11.5 Å². The summed E-state index contributed by atoms with van der Waals surface area (Å²) in [5.74, 6) is 1.61. The fourth-order valence-corrected chi connectivity index (χ4v) is 4.15. The van der Waals surface area contributed by atoms with Crippen LogP contribution in [-0.2, 0) is 16.3 Å². The van der Waals surface area contributed by atoms with Crippen molar-refractivity contribution in [1.29, 1.82) is 0 Å². The maximum Gasteiger partial charge on any atom is 0.160 e. The van der Waals surface area contributed by atoms with E-state index in [9.17, 15) is 13.2 Å². The van der Waals surface area contributed by atoms with Crippen LogP contribution >= 0.6 is 0 Å². The molecule has 20 heavy (non-hydrogen) atoms. The molecule has 2 aromatic heterocycles. The van der Waals surface area contributed by atoms with Crippen molar-refractivity contribution >= 4 is 21.8 Å². The molecule has 1 saturated heterocycles. The van der Waals surface area contributed by atoms with Crippen LogP contribution in [0.5, 0.6) is 0 Å². The highest BCUT2D eigenvalue weighted by Crippen LogP contribution is 2.22. The van der Waals surface area contributed by atoms with Gasteiger partial charge in [-0.25, -0.2) is 8.42 Å². The van der Waals surface area contributed by atoms with Crippen molar-refractivity contribution < 1.29 is 13.2 Å². The highest BCUT2D eigenvalue weighted by atomic mass is 32.2. The lowest BCUT2D eigenvalue weighted by molar-refractivity contribution is 0.112. The van der Waals surface area contributed by atoms with Crippen molar-refractivity contribution in [3.05, 3.63) is 29.7 Å². The average molecular weight is 293 g/mol. The zero-order valence-corrected chi connectivity index (χ0v) is 11.7. The third kappa shape index (κ3) is 2.58. The first kappa shape index (κ1) is 13.2. The predicted octanol–water partition coefficient (Wildman–Crippen LogP) is 0.909. The van der Waals surface area contributed by atoms with E-state index >= 15 is 0 Å². The molecule has 0 N–H and O–H groups in total. The van der Waals surface area contributed by atoms with Gasteiger partial charge in [0.05, 0.1) is 11.5 Å². The Balaban J connectivity index is 1.82. The van der Waals surface area contributed by atoms with Crippen molar-refractivity contribution in [2.45, 2.75) is 19.3 Å². The summed E-state index contributed by atoms with van der Waals surface area (Å²) in [5, 5.41) is 8.22. The molecule has 0 aliphatic carbocycles. The van der Waals surface area contributed by atoms with Gasteiger partial charge in [-0.1, -0.05) is 0 Å². The van der Waals surface area contributed by atoms with Crippen LogP contribution in [0.25, 0.3) is 5.65 Å². The number of rotatable bonds is 3. The summed E-state index contributed by atoms with van der Waals surface area (Å²) in [6.45, 7) is 0. The fourth-order valence-electron chi connectivity index (χ4n) is 2.56. The number of carbonyl (C=O) groups is 1. The Morgan fingerprint density at radius 2 is 2.00 bits per heavy atom. The van der Waals surface area contributed by atoms with Crippen molar-refractivity contribution in [2.24, 2.45) is 5.92 Å². The smallest absolute Gasteiger partial charge is 0.160 e. The molecule has 0 radical (unpaired) electrons. The van der Waals surface area contributed by atoms with Crippen LogP contribution in [-0.4, -0.2) is 40.8 Å². The van der Waals surface area contributed by atoms with E-state index in [4.69, 9.17) is 0 Å². The summed E-state index contributed by atoms with van der Waals surface area (Å²) in [6.07, 6.45) is 4.54. The molecule has 0 aromatic carbocycles. The molecule has 106 valence electrons. The van der Waals surface area contributed by atoms with Crippen molar-refractivity contribution in [3.63, 3.8) is 0 Å².